The van der Waals surface area contributed by atoms with Crippen molar-refractivity contribution in [1.29, 1.82) is 0 Å². The second-order valence-electron chi connectivity index (χ2n) is 10.4. The van der Waals surface area contributed by atoms with Gasteiger partial charge in [0.25, 0.3) is 5.91 Å². The number of sulfonamides is 1. The summed E-state index contributed by atoms with van der Waals surface area (Å²) < 4.78 is 34.9. The molecule has 212 valence electrons. The topological polar surface area (TPSA) is 79.3 Å². The van der Waals surface area contributed by atoms with Gasteiger partial charge in [0.15, 0.2) is 0 Å². The summed E-state index contributed by atoms with van der Waals surface area (Å²) in [6.45, 7) is 1.39. The van der Waals surface area contributed by atoms with Crippen molar-refractivity contribution in [2.24, 2.45) is 11.0 Å². The Balaban J connectivity index is 1.34. The summed E-state index contributed by atoms with van der Waals surface area (Å²) in [5.74, 6) is -0.185. The normalized spacial score (nSPS) is 22.4. The molecule has 0 bridgehead atoms. The van der Waals surface area contributed by atoms with Crippen molar-refractivity contribution in [2.45, 2.75) is 30.2 Å². The standard InChI is InChI=1S/C31H29Br2N3O4S/c32-25-10-4-21(5-11-25)20-24-2-1-3-28-29(24)34-36(30(28)22-6-12-26(33)13-7-22)31(37)23-8-14-27(15-9-23)41(38,39)35-16-18-40-19-17-35/h4-15,20,28,30H,1-3,16-19H2. The highest BCUT2D eigenvalue weighted by atomic mass is 79.9. The minimum absolute atomic E-state index is 0.0662. The number of allylic oxidation sites excluding steroid dienone is 1. The average molecular weight is 699 g/mol. The van der Waals surface area contributed by atoms with Crippen molar-refractivity contribution in [1.82, 2.24) is 9.31 Å². The summed E-state index contributed by atoms with van der Waals surface area (Å²) in [6, 6.07) is 22.2. The van der Waals surface area contributed by atoms with E-state index < -0.39 is 10.0 Å². The lowest BCUT2D eigenvalue weighted by atomic mass is 9.77. The molecule has 3 aromatic carbocycles. The predicted octanol–water partition coefficient (Wildman–Crippen LogP) is 6.67. The molecule has 1 aliphatic carbocycles. The van der Waals surface area contributed by atoms with Crippen LogP contribution in [0.1, 0.15) is 46.8 Å². The highest BCUT2D eigenvalue weighted by Crippen LogP contribution is 2.45. The van der Waals surface area contributed by atoms with E-state index in [9.17, 15) is 13.2 Å². The maximum atomic E-state index is 14.0. The van der Waals surface area contributed by atoms with Crippen LogP contribution in [0.25, 0.3) is 6.08 Å². The fraction of sp³-hybridized carbons (Fsp3) is 0.290. The number of hydrogen-bond acceptors (Lipinski definition) is 5. The van der Waals surface area contributed by atoms with E-state index in [1.54, 1.807) is 17.1 Å². The second kappa shape index (κ2) is 11.9. The van der Waals surface area contributed by atoms with Crippen LogP contribution in [0, 0.1) is 5.92 Å². The monoisotopic (exact) mass is 697 g/mol. The number of benzene rings is 3. The first-order valence-corrected chi connectivity index (χ1v) is 16.7. The molecule has 2 aliphatic heterocycles. The zero-order valence-corrected chi connectivity index (χ0v) is 26.2. The third kappa shape index (κ3) is 5.85. The number of rotatable bonds is 5. The van der Waals surface area contributed by atoms with E-state index >= 15 is 0 Å². The Morgan fingerprint density at radius 2 is 1.54 bits per heavy atom. The van der Waals surface area contributed by atoms with Crippen molar-refractivity contribution < 1.29 is 17.9 Å². The molecule has 2 fully saturated rings. The van der Waals surface area contributed by atoms with E-state index in [1.807, 2.05) is 36.4 Å². The Bertz CT molecular complexity index is 1600. The summed E-state index contributed by atoms with van der Waals surface area (Å²) in [7, 11) is -3.65. The largest absolute Gasteiger partial charge is 0.379 e. The fourth-order valence-electron chi connectivity index (χ4n) is 5.76. The lowest BCUT2D eigenvalue weighted by Gasteiger charge is -2.30. The quantitative estimate of drug-likeness (QED) is 0.298. The summed E-state index contributed by atoms with van der Waals surface area (Å²) in [6.07, 6.45) is 5.01. The molecule has 3 aliphatic rings. The number of fused-ring (bicyclic) bond motifs is 1. The van der Waals surface area contributed by atoms with Crippen LogP contribution in [-0.2, 0) is 14.8 Å². The first-order valence-electron chi connectivity index (χ1n) is 13.6. The van der Waals surface area contributed by atoms with Crippen LogP contribution in [-0.4, -0.2) is 55.7 Å². The lowest BCUT2D eigenvalue weighted by molar-refractivity contribution is 0.0680. The van der Waals surface area contributed by atoms with Gasteiger partial charge in [0.1, 0.15) is 0 Å². The Morgan fingerprint density at radius 3 is 2.20 bits per heavy atom. The zero-order valence-electron chi connectivity index (χ0n) is 22.2. The maximum absolute atomic E-state index is 14.0. The number of ether oxygens (including phenoxy) is 1. The van der Waals surface area contributed by atoms with E-state index in [-0.39, 0.29) is 22.8 Å². The van der Waals surface area contributed by atoms with Gasteiger partial charge in [-0.25, -0.2) is 13.4 Å². The maximum Gasteiger partial charge on any atom is 0.274 e. The Labute approximate surface area is 257 Å². The summed E-state index contributed by atoms with van der Waals surface area (Å²) in [4.78, 5) is 14.2. The number of halogens is 2. The zero-order chi connectivity index (χ0) is 28.6. The van der Waals surface area contributed by atoms with E-state index in [4.69, 9.17) is 9.84 Å². The van der Waals surface area contributed by atoms with Gasteiger partial charge >= 0.3 is 0 Å². The third-order valence-electron chi connectivity index (χ3n) is 7.84. The minimum Gasteiger partial charge on any atom is -0.379 e. The van der Waals surface area contributed by atoms with Crippen molar-refractivity contribution in [3.63, 3.8) is 0 Å². The lowest BCUT2D eigenvalue weighted by Crippen LogP contribution is -2.40. The Kier molecular flexibility index (Phi) is 8.29. The number of hydrogen-bond donors (Lipinski definition) is 0. The molecular weight excluding hydrogens is 670 g/mol. The molecule has 6 rings (SSSR count). The van der Waals surface area contributed by atoms with E-state index in [0.717, 1.165) is 50.6 Å². The van der Waals surface area contributed by atoms with Gasteiger partial charge in [0, 0.05) is 33.5 Å². The molecule has 2 unspecified atom stereocenters. The van der Waals surface area contributed by atoms with Crippen LogP contribution in [0.2, 0.25) is 0 Å². The van der Waals surface area contributed by atoms with Gasteiger partial charge in [0.05, 0.1) is 29.9 Å². The molecule has 2 atom stereocenters. The van der Waals surface area contributed by atoms with Gasteiger partial charge in [-0.15, -0.1) is 0 Å². The molecule has 10 heteroatoms. The highest BCUT2D eigenvalue weighted by molar-refractivity contribution is 9.10. The fourth-order valence-corrected chi connectivity index (χ4v) is 7.70. The van der Waals surface area contributed by atoms with Crippen LogP contribution in [0.4, 0.5) is 0 Å². The summed E-state index contributed by atoms with van der Waals surface area (Å²) in [5, 5.41) is 6.58. The van der Waals surface area contributed by atoms with Crippen molar-refractivity contribution in [3.8, 4) is 0 Å². The molecule has 7 nitrogen and oxygen atoms in total. The first-order chi connectivity index (χ1) is 19.8. The first kappa shape index (κ1) is 28.5. The molecule has 2 heterocycles. The Hall–Kier alpha value is -2.63. The molecule has 1 saturated carbocycles. The van der Waals surface area contributed by atoms with Gasteiger partial charge in [-0.1, -0.05) is 56.1 Å². The number of hydrazone groups is 1. The molecule has 0 aromatic heterocycles. The molecular formula is C31H29Br2N3O4S. The average Bonchev–Trinajstić information content (AvgIpc) is 3.39. The number of nitrogens with zero attached hydrogens (tertiary/aromatic N) is 3. The SMILES string of the molecule is O=C(c1ccc(S(=O)(=O)N2CCOCC2)cc1)N1N=C2C(=Cc3ccc(Br)cc3)CCCC2C1c1ccc(Br)cc1. The van der Waals surface area contributed by atoms with Gasteiger partial charge < -0.3 is 4.74 Å². The molecule has 0 radical (unpaired) electrons. The summed E-state index contributed by atoms with van der Waals surface area (Å²) in [5.41, 5.74) is 4.60. The van der Waals surface area contributed by atoms with Crippen molar-refractivity contribution in [2.75, 3.05) is 26.3 Å². The van der Waals surface area contributed by atoms with Crippen LogP contribution >= 0.6 is 31.9 Å². The van der Waals surface area contributed by atoms with E-state index in [0.29, 0.717) is 31.9 Å². The number of amides is 1. The minimum atomic E-state index is -3.65. The molecule has 0 spiro atoms. The summed E-state index contributed by atoms with van der Waals surface area (Å²) >= 11 is 7.03. The van der Waals surface area contributed by atoms with Crippen molar-refractivity contribution in [3.05, 3.63) is 104 Å². The van der Waals surface area contributed by atoms with Crippen LogP contribution in [0.15, 0.2) is 97.3 Å². The van der Waals surface area contributed by atoms with Gasteiger partial charge in [-0.05, 0) is 90.6 Å². The van der Waals surface area contributed by atoms with Gasteiger partial charge in [0.2, 0.25) is 10.0 Å². The number of morpholine rings is 1. The number of carbonyl (C=O) groups is 1. The number of carbonyl (C=O) groups excluding carboxylic acids is 1. The van der Waals surface area contributed by atoms with E-state index in [1.165, 1.54) is 16.4 Å². The molecule has 1 amide bonds. The van der Waals surface area contributed by atoms with Crippen molar-refractivity contribution >= 4 is 59.6 Å². The van der Waals surface area contributed by atoms with E-state index in [2.05, 4.69) is 50.1 Å². The third-order valence-corrected chi connectivity index (χ3v) is 10.8. The molecule has 3 aromatic rings. The predicted molar refractivity (Wildman–Crippen MR) is 166 cm³/mol. The van der Waals surface area contributed by atoms with Gasteiger partial charge in [-0.2, -0.15) is 9.41 Å². The highest BCUT2D eigenvalue weighted by Gasteiger charge is 2.44. The van der Waals surface area contributed by atoms with Gasteiger partial charge in [-0.3, -0.25) is 4.79 Å². The molecule has 41 heavy (non-hydrogen) atoms. The second-order valence-corrected chi connectivity index (χ2v) is 14.2. The Morgan fingerprint density at radius 1 is 0.902 bits per heavy atom. The van der Waals surface area contributed by atoms with Crippen LogP contribution < -0.4 is 0 Å². The molecule has 1 saturated heterocycles. The van der Waals surface area contributed by atoms with Crippen LogP contribution in [0.3, 0.4) is 0 Å². The smallest absolute Gasteiger partial charge is 0.274 e. The van der Waals surface area contributed by atoms with Crippen LogP contribution in [0.5, 0.6) is 0 Å². The molecule has 0 N–H and O–H groups in total.